The Labute approximate surface area is 129 Å². The Morgan fingerprint density at radius 2 is 2.05 bits per heavy atom. The van der Waals surface area contributed by atoms with Crippen molar-refractivity contribution in [2.24, 2.45) is 0 Å². The van der Waals surface area contributed by atoms with Gasteiger partial charge in [0.25, 0.3) is 0 Å². The fraction of sp³-hybridized carbons (Fsp3) is 0.0667. The Morgan fingerprint density at radius 1 is 1.14 bits per heavy atom. The number of aromatic nitrogens is 5. The van der Waals surface area contributed by atoms with E-state index in [1.807, 2.05) is 35.7 Å². The second-order valence-corrected chi connectivity index (χ2v) is 5.52. The van der Waals surface area contributed by atoms with E-state index >= 15 is 0 Å². The van der Waals surface area contributed by atoms with Crippen molar-refractivity contribution >= 4 is 22.5 Å². The number of para-hydroxylation sites is 1. The van der Waals surface area contributed by atoms with E-state index in [9.17, 15) is 0 Å². The van der Waals surface area contributed by atoms with Crippen molar-refractivity contribution in [3.8, 4) is 17.3 Å². The maximum absolute atomic E-state index is 5.70. The van der Waals surface area contributed by atoms with Crippen LogP contribution >= 0.6 is 11.3 Å². The molecule has 0 atom stereocenters. The first-order chi connectivity index (χ1) is 10.9. The highest BCUT2D eigenvalue weighted by atomic mass is 32.1. The monoisotopic (exact) mass is 309 g/mol. The van der Waals surface area contributed by atoms with E-state index in [0.29, 0.717) is 18.1 Å². The molecule has 0 amide bonds. The average Bonchev–Trinajstić information content (AvgIpc) is 3.20. The second kappa shape index (κ2) is 5.53. The Kier molecular flexibility index (Phi) is 3.24. The van der Waals surface area contributed by atoms with Crippen molar-refractivity contribution in [3.05, 3.63) is 53.2 Å². The zero-order valence-corrected chi connectivity index (χ0v) is 12.2. The van der Waals surface area contributed by atoms with Gasteiger partial charge in [0.2, 0.25) is 0 Å². The number of rotatable bonds is 4. The Hall–Kier alpha value is -2.80. The van der Waals surface area contributed by atoms with Gasteiger partial charge in [0.05, 0.1) is 6.20 Å². The lowest BCUT2D eigenvalue weighted by Gasteiger charge is -2.02. The number of H-pyrrole nitrogens is 1. The summed E-state index contributed by atoms with van der Waals surface area (Å²) < 4.78 is 5.70. The Balaban J connectivity index is 1.53. The minimum absolute atomic E-state index is 0.439. The third-order valence-electron chi connectivity index (χ3n) is 3.06. The van der Waals surface area contributed by atoms with Crippen molar-refractivity contribution in [1.29, 1.82) is 0 Å². The van der Waals surface area contributed by atoms with Crippen LogP contribution in [0.15, 0.2) is 48.2 Å². The summed E-state index contributed by atoms with van der Waals surface area (Å²) in [6.45, 7) is 0.439. The van der Waals surface area contributed by atoms with Crippen molar-refractivity contribution in [1.82, 2.24) is 24.9 Å². The number of ether oxygens (including phenoxy) is 1. The summed E-state index contributed by atoms with van der Waals surface area (Å²) in [7, 11) is 0. The summed E-state index contributed by atoms with van der Waals surface area (Å²) in [5, 5.41) is 2.85. The molecule has 0 radical (unpaired) electrons. The molecule has 4 rings (SSSR count). The number of nitrogens with one attached hydrogen (secondary N) is 1. The SMILES string of the molecule is c1ccc(OCc2nc(-c3nc4ncncc4[nH]3)cs2)cc1. The van der Waals surface area contributed by atoms with Gasteiger partial charge >= 0.3 is 0 Å². The van der Waals surface area contributed by atoms with E-state index in [1.54, 1.807) is 17.5 Å². The van der Waals surface area contributed by atoms with Gasteiger partial charge in [-0.25, -0.2) is 19.9 Å². The first-order valence-corrected chi connectivity index (χ1v) is 7.55. The van der Waals surface area contributed by atoms with Crippen LogP contribution < -0.4 is 4.74 Å². The fourth-order valence-corrected chi connectivity index (χ4v) is 2.72. The quantitative estimate of drug-likeness (QED) is 0.627. The molecule has 0 spiro atoms. The van der Waals surface area contributed by atoms with Gasteiger partial charge in [0, 0.05) is 5.38 Å². The van der Waals surface area contributed by atoms with Crippen LogP contribution in [-0.2, 0) is 6.61 Å². The van der Waals surface area contributed by atoms with Crippen LogP contribution in [-0.4, -0.2) is 24.9 Å². The minimum atomic E-state index is 0.439. The highest BCUT2D eigenvalue weighted by Gasteiger charge is 2.10. The summed E-state index contributed by atoms with van der Waals surface area (Å²) in [6, 6.07) is 9.69. The van der Waals surface area contributed by atoms with Gasteiger partial charge in [-0.1, -0.05) is 18.2 Å². The molecule has 4 aromatic rings. The molecule has 0 aliphatic heterocycles. The van der Waals surface area contributed by atoms with E-state index in [0.717, 1.165) is 22.0 Å². The summed E-state index contributed by atoms with van der Waals surface area (Å²) in [6.07, 6.45) is 3.18. The van der Waals surface area contributed by atoms with Gasteiger partial charge in [-0.05, 0) is 12.1 Å². The second-order valence-electron chi connectivity index (χ2n) is 4.57. The number of thiazole rings is 1. The fourth-order valence-electron chi connectivity index (χ4n) is 2.03. The van der Waals surface area contributed by atoms with Crippen molar-refractivity contribution in [2.75, 3.05) is 0 Å². The van der Waals surface area contributed by atoms with Crippen molar-refractivity contribution in [3.63, 3.8) is 0 Å². The molecule has 3 heterocycles. The molecule has 3 aromatic heterocycles. The molecule has 7 heteroatoms. The van der Waals surface area contributed by atoms with Crippen LogP contribution in [0.4, 0.5) is 0 Å². The van der Waals surface area contributed by atoms with Crippen LogP contribution in [0.25, 0.3) is 22.7 Å². The third kappa shape index (κ3) is 2.53. The maximum Gasteiger partial charge on any atom is 0.181 e. The van der Waals surface area contributed by atoms with E-state index in [1.165, 1.54) is 6.33 Å². The largest absolute Gasteiger partial charge is 0.486 e. The van der Waals surface area contributed by atoms with Crippen LogP contribution in [0.2, 0.25) is 0 Å². The van der Waals surface area contributed by atoms with Gasteiger partial charge in [-0.15, -0.1) is 11.3 Å². The van der Waals surface area contributed by atoms with Gasteiger partial charge in [-0.2, -0.15) is 0 Å². The molecule has 108 valence electrons. The number of hydrogen-bond donors (Lipinski definition) is 1. The normalized spacial score (nSPS) is 10.9. The number of aromatic amines is 1. The number of fused-ring (bicyclic) bond motifs is 1. The molecule has 0 saturated carbocycles. The van der Waals surface area contributed by atoms with Gasteiger partial charge in [0.15, 0.2) is 11.5 Å². The third-order valence-corrected chi connectivity index (χ3v) is 3.88. The minimum Gasteiger partial charge on any atom is -0.486 e. The lowest BCUT2D eigenvalue weighted by Crippen LogP contribution is -1.94. The average molecular weight is 309 g/mol. The Morgan fingerprint density at radius 3 is 2.91 bits per heavy atom. The van der Waals surface area contributed by atoms with E-state index in [-0.39, 0.29) is 0 Å². The molecule has 1 N–H and O–H groups in total. The smallest absolute Gasteiger partial charge is 0.181 e. The molecule has 22 heavy (non-hydrogen) atoms. The topological polar surface area (TPSA) is 76.6 Å². The Bertz CT molecular complexity index is 869. The molecule has 0 bridgehead atoms. The van der Waals surface area contributed by atoms with Gasteiger partial charge < -0.3 is 9.72 Å². The summed E-state index contributed by atoms with van der Waals surface area (Å²) in [4.78, 5) is 20.2. The standard InChI is InChI=1S/C15H11N5OS/c1-2-4-10(5-3-1)21-7-13-18-12(8-22-13)15-19-11-6-16-9-17-14(11)20-15/h1-6,8-9H,7H2,(H,16,17,19,20). The van der Waals surface area contributed by atoms with E-state index in [4.69, 9.17) is 4.74 Å². The molecule has 0 aliphatic rings. The zero-order valence-electron chi connectivity index (χ0n) is 11.4. The first-order valence-electron chi connectivity index (χ1n) is 6.67. The van der Waals surface area contributed by atoms with Crippen LogP contribution in [0.1, 0.15) is 5.01 Å². The zero-order chi connectivity index (χ0) is 14.8. The number of hydrogen-bond acceptors (Lipinski definition) is 6. The number of imidazole rings is 1. The van der Waals surface area contributed by atoms with Crippen molar-refractivity contribution in [2.45, 2.75) is 6.61 Å². The van der Waals surface area contributed by atoms with Gasteiger partial charge in [-0.3, -0.25) is 0 Å². The number of benzene rings is 1. The van der Waals surface area contributed by atoms with Crippen LogP contribution in [0.5, 0.6) is 5.75 Å². The molecule has 1 aromatic carbocycles. The summed E-state index contributed by atoms with van der Waals surface area (Å²) in [5.41, 5.74) is 2.22. The van der Waals surface area contributed by atoms with E-state index in [2.05, 4.69) is 24.9 Å². The van der Waals surface area contributed by atoms with Crippen molar-refractivity contribution < 1.29 is 4.74 Å². The predicted molar refractivity (Wildman–Crippen MR) is 83.6 cm³/mol. The predicted octanol–water partition coefficient (Wildman–Crippen LogP) is 3.06. The summed E-state index contributed by atoms with van der Waals surface area (Å²) in [5.74, 6) is 1.52. The van der Waals surface area contributed by atoms with E-state index < -0.39 is 0 Å². The molecule has 6 nitrogen and oxygen atoms in total. The van der Waals surface area contributed by atoms with Crippen LogP contribution in [0, 0.1) is 0 Å². The molecular weight excluding hydrogens is 298 g/mol. The van der Waals surface area contributed by atoms with Gasteiger partial charge in [0.1, 0.15) is 34.9 Å². The lowest BCUT2D eigenvalue weighted by molar-refractivity contribution is 0.305. The maximum atomic E-state index is 5.70. The highest BCUT2D eigenvalue weighted by molar-refractivity contribution is 7.09. The molecule has 0 aliphatic carbocycles. The van der Waals surface area contributed by atoms with Crippen LogP contribution in [0.3, 0.4) is 0 Å². The first kappa shape index (κ1) is 12.9. The molecular formula is C15H11N5OS. The number of nitrogens with zero attached hydrogens (tertiary/aromatic N) is 4. The summed E-state index contributed by atoms with van der Waals surface area (Å²) >= 11 is 1.54. The molecule has 0 unspecified atom stereocenters. The lowest BCUT2D eigenvalue weighted by atomic mass is 10.3. The highest BCUT2D eigenvalue weighted by Crippen LogP contribution is 2.22. The molecule has 0 saturated heterocycles. The molecule has 0 fully saturated rings.